The molecule has 0 spiro atoms. The van der Waals surface area contributed by atoms with Crippen LogP contribution < -0.4 is 0 Å². The SMILES string of the molecule is COC(=O)C(F)(F)C(F)(F)F. The summed E-state index contributed by atoms with van der Waals surface area (Å²) in [5, 5.41) is 0. The quantitative estimate of drug-likeness (QED) is 0.447. The van der Waals surface area contributed by atoms with Crippen molar-refractivity contribution >= 4 is 5.97 Å². The smallest absolute Gasteiger partial charge is 0.464 e. The number of halogens is 5. The van der Waals surface area contributed by atoms with Gasteiger partial charge in [0, 0.05) is 0 Å². The van der Waals surface area contributed by atoms with Crippen LogP contribution in [0.15, 0.2) is 0 Å². The van der Waals surface area contributed by atoms with Crippen LogP contribution in [0.1, 0.15) is 0 Å². The summed E-state index contributed by atoms with van der Waals surface area (Å²) in [5.41, 5.74) is 0. The Morgan fingerprint density at radius 1 is 1.18 bits per heavy atom. The van der Waals surface area contributed by atoms with Crippen molar-refractivity contribution in [3.63, 3.8) is 0 Å². The summed E-state index contributed by atoms with van der Waals surface area (Å²) in [6.45, 7) is 0. The van der Waals surface area contributed by atoms with Crippen LogP contribution in [0.3, 0.4) is 0 Å². The van der Waals surface area contributed by atoms with Crippen molar-refractivity contribution in [3.05, 3.63) is 0 Å². The van der Waals surface area contributed by atoms with Crippen molar-refractivity contribution in [2.24, 2.45) is 0 Å². The molecule has 0 aliphatic carbocycles. The van der Waals surface area contributed by atoms with Crippen molar-refractivity contribution in [1.82, 2.24) is 0 Å². The lowest BCUT2D eigenvalue weighted by Crippen LogP contribution is -2.44. The van der Waals surface area contributed by atoms with Gasteiger partial charge in [-0.3, -0.25) is 0 Å². The van der Waals surface area contributed by atoms with Crippen LogP contribution >= 0.6 is 0 Å². The Labute approximate surface area is 57.9 Å². The van der Waals surface area contributed by atoms with Crippen molar-refractivity contribution in [1.29, 1.82) is 0 Å². The van der Waals surface area contributed by atoms with Gasteiger partial charge in [0.05, 0.1) is 7.11 Å². The van der Waals surface area contributed by atoms with Gasteiger partial charge in [0.2, 0.25) is 0 Å². The fraction of sp³-hybridized carbons (Fsp3) is 0.750. The van der Waals surface area contributed by atoms with E-state index >= 15 is 0 Å². The Bertz CT molecular complexity index is 160. The fourth-order valence-electron chi connectivity index (χ4n) is 0.244. The molecule has 0 aliphatic heterocycles. The molecule has 0 aromatic rings. The van der Waals surface area contributed by atoms with E-state index in [1.807, 2.05) is 0 Å². The molecule has 0 fully saturated rings. The Morgan fingerprint density at radius 3 is 1.64 bits per heavy atom. The maximum atomic E-state index is 11.7. The molecule has 2 nitrogen and oxygen atoms in total. The Morgan fingerprint density at radius 2 is 1.55 bits per heavy atom. The molecule has 0 aromatic heterocycles. The molecule has 0 aliphatic rings. The monoisotopic (exact) mass is 178 g/mol. The van der Waals surface area contributed by atoms with Gasteiger partial charge in [0.1, 0.15) is 0 Å². The average Bonchev–Trinajstić information content (AvgIpc) is 1.83. The van der Waals surface area contributed by atoms with E-state index in [9.17, 15) is 26.7 Å². The summed E-state index contributed by atoms with van der Waals surface area (Å²) in [6.07, 6.45) is -5.89. The summed E-state index contributed by atoms with van der Waals surface area (Å²) in [5.74, 6) is -8.02. The van der Waals surface area contributed by atoms with Gasteiger partial charge >= 0.3 is 18.1 Å². The second-order valence-corrected chi connectivity index (χ2v) is 1.56. The van der Waals surface area contributed by atoms with E-state index in [1.165, 1.54) is 0 Å². The summed E-state index contributed by atoms with van der Waals surface area (Å²) >= 11 is 0. The zero-order chi connectivity index (χ0) is 9.28. The van der Waals surface area contributed by atoms with Crippen LogP contribution in [0.2, 0.25) is 0 Å². The molecule has 0 unspecified atom stereocenters. The normalized spacial score (nSPS) is 12.9. The van der Waals surface area contributed by atoms with E-state index in [0.29, 0.717) is 7.11 Å². The van der Waals surface area contributed by atoms with Crippen molar-refractivity contribution in [3.8, 4) is 0 Å². The Kier molecular flexibility index (Phi) is 2.42. The number of hydrogen-bond acceptors (Lipinski definition) is 2. The minimum absolute atomic E-state index is 0.446. The van der Waals surface area contributed by atoms with E-state index in [-0.39, 0.29) is 0 Å². The fourth-order valence-corrected chi connectivity index (χ4v) is 0.244. The number of rotatable bonds is 1. The largest absolute Gasteiger partial charge is 0.465 e. The number of methoxy groups -OCH3 is 1. The van der Waals surface area contributed by atoms with Gasteiger partial charge in [-0.15, -0.1) is 0 Å². The number of alkyl halides is 5. The molecule has 0 heterocycles. The van der Waals surface area contributed by atoms with E-state index in [1.54, 1.807) is 0 Å². The lowest BCUT2D eigenvalue weighted by Gasteiger charge is -2.15. The first kappa shape index (κ1) is 10.1. The molecule has 0 atom stereocenters. The molecule has 0 bridgehead atoms. The topological polar surface area (TPSA) is 26.3 Å². The highest BCUT2D eigenvalue weighted by Gasteiger charge is 2.64. The minimum Gasteiger partial charge on any atom is -0.464 e. The predicted molar refractivity (Wildman–Crippen MR) is 23.0 cm³/mol. The second-order valence-electron chi connectivity index (χ2n) is 1.56. The highest BCUT2D eigenvalue weighted by atomic mass is 19.4. The zero-order valence-electron chi connectivity index (χ0n) is 5.21. The first-order chi connectivity index (χ1) is 4.73. The highest BCUT2D eigenvalue weighted by molar-refractivity contribution is 5.78. The van der Waals surface area contributed by atoms with Gasteiger partial charge in [-0.1, -0.05) is 0 Å². The first-order valence-electron chi connectivity index (χ1n) is 2.26. The minimum atomic E-state index is -5.89. The first-order valence-corrected chi connectivity index (χ1v) is 2.26. The molecule has 0 saturated heterocycles. The molecule has 0 aromatic carbocycles. The number of carbonyl (C=O) groups is 1. The molecule has 11 heavy (non-hydrogen) atoms. The third-order valence-electron chi connectivity index (χ3n) is 0.798. The lowest BCUT2D eigenvalue weighted by atomic mass is 10.3. The van der Waals surface area contributed by atoms with Crippen molar-refractivity contribution in [2.45, 2.75) is 12.1 Å². The number of esters is 1. The third-order valence-corrected chi connectivity index (χ3v) is 0.798. The van der Waals surface area contributed by atoms with Crippen LogP contribution in [-0.2, 0) is 9.53 Å². The molecule has 0 radical (unpaired) electrons. The summed E-state index contributed by atoms with van der Waals surface area (Å²) in [7, 11) is 0.446. The summed E-state index contributed by atoms with van der Waals surface area (Å²) in [4.78, 5) is 9.79. The van der Waals surface area contributed by atoms with Crippen molar-refractivity contribution < 1.29 is 31.5 Å². The van der Waals surface area contributed by atoms with Gasteiger partial charge in [-0.2, -0.15) is 22.0 Å². The van der Waals surface area contributed by atoms with Gasteiger partial charge in [0.15, 0.2) is 0 Å². The number of carbonyl (C=O) groups excluding carboxylic acids is 1. The van der Waals surface area contributed by atoms with Gasteiger partial charge < -0.3 is 4.74 Å². The van der Waals surface area contributed by atoms with E-state index in [2.05, 4.69) is 4.74 Å². The predicted octanol–water partition coefficient (Wildman–Crippen LogP) is 1.36. The van der Waals surface area contributed by atoms with Crippen molar-refractivity contribution in [2.75, 3.05) is 7.11 Å². The summed E-state index contributed by atoms with van der Waals surface area (Å²) < 4.78 is 60.3. The van der Waals surface area contributed by atoms with Crippen LogP contribution in [0.25, 0.3) is 0 Å². The van der Waals surface area contributed by atoms with Gasteiger partial charge in [0.25, 0.3) is 0 Å². The maximum absolute atomic E-state index is 11.7. The molecule has 7 heteroatoms. The standard InChI is InChI=1S/C4H3F5O2/c1-11-2(10)3(5,6)4(7,8)9/h1H3. The van der Waals surface area contributed by atoms with Crippen LogP contribution in [0.5, 0.6) is 0 Å². The van der Waals surface area contributed by atoms with Crippen LogP contribution in [-0.4, -0.2) is 25.2 Å². The average molecular weight is 178 g/mol. The Hall–Kier alpha value is -0.880. The number of hydrogen-bond donors (Lipinski definition) is 0. The lowest BCUT2D eigenvalue weighted by molar-refractivity contribution is -0.279. The van der Waals surface area contributed by atoms with Crippen LogP contribution in [0, 0.1) is 0 Å². The molecular formula is C4H3F5O2. The molecule has 0 amide bonds. The maximum Gasteiger partial charge on any atom is 0.465 e. The second kappa shape index (κ2) is 2.63. The molecular weight excluding hydrogens is 175 g/mol. The van der Waals surface area contributed by atoms with E-state index < -0.39 is 18.1 Å². The third kappa shape index (κ3) is 1.78. The van der Waals surface area contributed by atoms with E-state index in [0.717, 1.165) is 0 Å². The highest BCUT2D eigenvalue weighted by Crippen LogP contribution is 2.35. The summed E-state index contributed by atoms with van der Waals surface area (Å²) in [6, 6.07) is 0. The van der Waals surface area contributed by atoms with Crippen LogP contribution in [0.4, 0.5) is 22.0 Å². The molecule has 0 saturated carbocycles. The van der Waals surface area contributed by atoms with Gasteiger partial charge in [-0.25, -0.2) is 4.79 Å². The molecule has 66 valence electrons. The Balaban J connectivity index is 4.59. The van der Waals surface area contributed by atoms with E-state index in [4.69, 9.17) is 0 Å². The number of ether oxygens (including phenoxy) is 1. The molecule has 0 N–H and O–H groups in total. The zero-order valence-corrected chi connectivity index (χ0v) is 5.21. The molecule has 0 rings (SSSR count). The van der Waals surface area contributed by atoms with Gasteiger partial charge in [-0.05, 0) is 0 Å².